The standard InChI is InChI=1S/C23H23N3O4.C18H19N3O.C5H7ClO2/c1-26-13-15(7-10-20(26)27)18-8-9-19(24)21(25-23(28)16-11-12-29-14-16)22(18)30-17-5-3-2-4-6-17;1-21-11-5-6-13(12-21)15-9-10-16(19)17(20)18(15)22-14-7-3-2-4-8-14;6-5(7)4-1-2-8-3-4/h2-10,13,16H,11-12,14,24H2,1H3,(H,25,28);2-10,12H,11,19-20H2,1H3;4H,1-3H2. The molecule has 3 aliphatic rings. The fourth-order valence-corrected chi connectivity index (χ4v) is 6.67. The molecule has 1 aromatic heterocycles. The van der Waals surface area contributed by atoms with E-state index in [-0.39, 0.29) is 28.5 Å². The summed E-state index contributed by atoms with van der Waals surface area (Å²) in [6.07, 6.45) is 9.44. The van der Waals surface area contributed by atoms with Gasteiger partial charge in [-0.25, -0.2) is 0 Å². The van der Waals surface area contributed by atoms with Crippen LogP contribution in [0.15, 0.2) is 126 Å². The number of benzene rings is 4. The lowest BCUT2D eigenvalue weighted by Gasteiger charge is -2.21. The van der Waals surface area contributed by atoms with Crippen LogP contribution < -0.4 is 37.6 Å². The summed E-state index contributed by atoms with van der Waals surface area (Å²) >= 11 is 5.17. The Kier molecular flexibility index (Phi) is 14.7. The van der Waals surface area contributed by atoms with Gasteiger partial charge in [0.05, 0.1) is 42.1 Å². The van der Waals surface area contributed by atoms with Crippen LogP contribution in [0.1, 0.15) is 18.4 Å². The van der Waals surface area contributed by atoms with E-state index < -0.39 is 0 Å². The topological polar surface area (TPSA) is 186 Å². The molecule has 13 nitrogen and oxygen atoms in total. The maximum Gasteiger partial charge on any atom is 0.250 e. The van der Waals surface area contributed by atoms with E-state index in [1.807, 2.05) is 85.9 Å². The highest BCUT2D eigenvalue weighted by molar-refractivity contribution is 6.64. The second-order valence-corrected chi connectivity index (χ2v) is 14.8. The number of amides is 1. The first-order valence-electron chi connectivity index (χ1n) is 19.5. The Morgan fingerprint density at radius 2 is 1.35 bits per heavy atom. The third-order valence-corrected chi connectivity index (χ3v) is 10.2. The highest BCUT2D eigenvalue weighted by atomic mass is 35.5. The van der Waals surface area contributed by atoms with E-state index in [0.717, 1.165) is 35.4 Å². The van der Waals surface area contributed by atoms with Crippen molar-refractivity contribution in [1.82, 2.24) is 9.47 Å². The average molecular weight is 833 g/mol. The molecule has 2 atom stereocenters. The first kappa shape index (κ1) is 43.0. The van der Waals surface area contributed by atoms with Gasteiger partial charge in [0.1, 0.15) is 17.2 Å². The van der Waals surface area contributed by atoms with Crippen LogP contribution in [0.5, 0.6) is 23.0 Å². The molecule has 2 fully saturated rings. The number of anilines is 4. The Bertz CT molecular complexity index is 2390. The minimum absolute atomic E-state index is 0.0309. The highest BCUT2D eigenvalue weighted by Crippen LogP contribution is 2.43. The summed E-state index contributed by atoms with van der Waals surface area (Å²) in [5, 5.41) is 2.68. The lowest BCUT2D eigenvalue weighted by atomic mass is 10.0. The molecule has 7 N–H and O–H groups in total. The molecule has 0 saturated carbocycles. The smallest absolute Gasteiger partial charge is 0.250 e. The van der Waals surface area contributed by atoms with Crippen molar-refractivity contribution in [3.05, 3.63) is 138 Å². The lowest BCUT2D eigenvalue weighted by molar-refractivity contribution is -0.119. The summed E-state index contributed by atoms with van der Waals surface area (Å²) in [5.41, 5.74) is 23.5. The zero-order valence-corrected chi connectivity index (χ0v) is 34.3. The van der Waals surface area contributed by atoms with Crippen molar-refractivity contribution >= 4 is 51.1 Å². The van der Waals surface area contributed by atoms with Crippen LogP contribution in [-0.4, -0.2) is 60.6 Å². The van der Waals surface area contributed by atoms with Gasteiger partial charge >= 0.3 is 0 Å². The van der Waals surface area contributed by atoms with Crippen LogP contribution in [0.4, 0.5) is 22.7 Å². The monoisotopic (exact) mass is 832 g/mol. The number of nitrogens with one attached hydrogen (secondary N) is 1. The van der Waals surface area contributed by atoms with Gasteiger partial charge in [0.2, 0.25) is 16.7 Å². The van der Waals surface area contributed by atoms with E-state index in [2.05, 4.69) is 28.6 Å². The minimum Gasteiger partial charge on any atom is -0.454 e. The molecule has 1 amide bonds. The van der Waals surface area contributed by atoms with E-state index in [1.165, 1.54) is 10.6 Å². The number of carbonyl (C=O) groups excluding carboxylic acids is 2. The molecular weight excluding hydrogens is 784 g/mol. The Morgan fingerprint density at radius 1 is 0.750 bits per heavy atom. The average Bonchev–Trinajstić information content (AvgIpc) is 4.00. The zero-order valence-electron chi connectivity index (χ0n) is 33.5. The Hall–Kier alpha value is -6.54. The van der Waals surface area contributed by atoms with E-state index in [1.54, 1.807) is 25.4 Å². The molecule has 0 spiro atoms. The van der Waals surface area contributed by atoms with Crippen molar-refractivity contribution in [1.29, 1.82) is 0 Å². The van der Waals surface area contributed by atoms with Crippen molar-refractivity contribution < 1.29 is 28.5 Å². The molecule has 3 aliphatic heterocycles. The Morgan fingerprint density at radius 3 is 1.92 bits per heavy atom. The number of hydrogen-bond donors (Lipinski definition) is 4. The molecule has 0 aliphatic carbocycles. The molecular formula is C46H49ClN6O7. The lowest BCUT2D eigenvalue weighted by Crippen LogP contribution is -2.23. The van der Waals surface area contributed by atoms with Gasteiger partial charge in [0, 0.05) is 74.6 Å². The van der Waals surface area contributed by atoms with Crippen LogP contribution in [0, 0.1) is 11.8 Å². The van der Waals surface area contributed by atoms with Crippen molar-refractivity contribution in [3.63, 3.8) is 0 Å². The third-order valence-electron chi connectivity index (χ3n) is 9.90. The van der Waals surface area contributed by atoms with Crippen molar-refractivity contribution in [2.24, 2.45) is 18.9 Å². The molecule has 8 rings (SSSR count). The van der Waals surface area contributed by atoms with Crippen molar-refractivity contribution in [2.75, 3.05) is 62.5 Å². The Labute approximate surface area is 353 Å². The van der Waals surface area contributed by atoms with Crippen LogP contribution in [0.25, 0.3) is 16.7 Å². The fraction of sp³-hybridized carbons (Fsp3) is 0.239. The van der Waals surface area contributed by atoms with Crippen molar-refractivity contribution in [3.8, 4) is 34.1 Å². The number of aryl methyl sites for hydroxylation is 1. The van der Waals surface area contributed by atoms with E-state index >= 15 is 0 Å². The molecule has 4 heterocycles. The first-order valence-corrected chi connectivity index (χ1v) is 19.8. The SMILES string of the molecule is CN1C=C(c2ccc(N)c(N)c2Oc2ccccc2)C=CC1.Cn1cc(-c2ccc(N)c(NC(=O)C3CCOC3)c2Oc2ccccc2)ccc1=O.O=C(Cl)C1CCOC1. The third kappa shape index (κ3) is 11.1. The minimum atomic E-state index is -0.262. The maximum atomic E-state index is 12.8. The first-order chi connectivity index (χ1) is 29.0. The number of rotatable bonds is 9. The number of nitrogens with two attached hydrogens (primary N) is 3. The van der Waals surface area contributed by atoms with Crippen molar-refractivity contribution in [2.45, 2.75) is 12.8 Å². The summed E-state index contributed by atoms with van der Waals surface area (Å²) in [6, 6.07) is 29.3. The molecule has 4 aromatic carbocycles. The molecule has 2 saturated heterocycles. The summed E-state index contributed by atoms with van der Waals surface area (Å²) in [6.45, 7) is 3.05. The second kappa shape index (κ2) is 20.4. The second-order valence-electron chi connectivity index (χ2n) is 14.4. The van der Waals surface area contributed by atoms with Gasteiger partial charge in [-0.1, -0.05) is 48.6 Å². The normalized spacial score (nSPS) is 16.7. The van der Waals surface area contributed by atoms with Gasteiger partial charge in [-0.3, -0.25) is 14.4 Å². The number of para-hydroxylation sites is 2. The van der Waals surface area contributed by atoms with E-state index in [9.17, 15) is 14.4 Å². The van der Waals surface area contributed by atoms with Crippen LogP contribution in [0.2, 0.25) is 0 Å². The molecule has 0 bridgehead atoms. The molecule has 5 aromatic rings. The number of nitrogen functional groups attached to an aromatic ring is 3. The predicted molar refractivity (Wildman–Crippen MR) is 237 cm³/mol. The quantitative estimate of drug-likeness (QED) is 0.0843. The fourth-order valence-electron chi connectivity index (χ4n) is 6.50. The number of aromatic nitrogens is 1. The van der Waals surface area contributed by atoms with Gasteiger partial charge in [-0.2, -0.15) is 0 Å². The maximum absolute atomic E-state index is 12.8. The van der Waals surface area contributed by atoms with Gasteiger partial charge in [-0.15, -0.1) is 0 Å². The van der Waals surface area contributed by atoms with Crippen LogP contribution in [0.3, 0.4) is 0 Å². The van der Waals surface area contributed by atoms with Gasteiger partial charge < -0.3 is 50.9 Å². The number of hydrogen-bond acceptors (Lipinski definition) is 11. The van der Waals surface area contributed by atoms with Crippen LogP contribution in [-0.2, 0) is 26.1 Å². The number of pyridine rings is 1. The van der Waals surface area contributed by atoms with Gasteiger partial charge in [0.25, 0.3) is 0 Å². The number of ether oxygens (including phenoxy) is 4. The molecule has 2 unspecified atom stereocenters. The molecule has 0 radical (unpaired) electrons. The largest absolute Gasteiger partial charge is 0.454 e. The number of halogens is 1. The molecule has 60 heavy (non-hydrogen) atoms. The Balaban J connectivity index is 0.000000175. The zero-order chi connectivity index (χ0) is 42.6. The van der Waals surface area contributed by atoms with Gasteiger partial charge in [0.15, 0.2) is 11.5 Å². The number of likely N-dealkylation sites (N-methyl/N-ethyl adjacent to an activating group) is 1. The summed E-state index contributed by atoms with van der Waals surface area (Å²) < 4.78 is 23.9. The predicted octanol–water partition coefficient (Wildman–Crippen LogP) is 7.68. The molecule has 14 heteroatoms. The van der Waals surface area contributed by atoms with Crippen LogP contribution >= 0.6 is 11.6 Å². The van der Waals surface area contributed by atoms with Gasteiger partial charge in [-0.05, 0) is 79.0 Å². The number of nitrogens with zero attached hydrogens (tertiary/aromatic N) is 2. The summed E-state index contributed by atoms with van der Waals surface area (Å²) in [7, 11) is 3.71. The highest BCUT2D eigenvalue weighted by Gasteiger charge is 2.27. The summed E-state index contributed by atoms with van der Waals surface area (Å²) in [5.74, 6) is 1.94. The molecule has 312 valence electrons. The number of allylic oxidation sites excluding steroid dienone is 2. The summed E-state index contributed by atoms with van der Waals surface area (Å²) in [4.78, 5) is 37.0. The van der Waals surface area contributed by atoms with E-state index in [4.69, 9.17) is 47.7 Å². The number of carbonyl (C=O) groups is 2. The van der Waals surface area contributed by atoms with E-state index in [0.29, 0.717) is 78.4 Å².